The maximum absolute atomic E-state index is 11.8. The summed E-state index contributed by atoms with van der Waals surface area (Å²) in [7, 11) is 0. The number of nitrogens with two attached hydrogens (primary N) is 1. The van der Waals surface area contributed by atoms with E-state index in [1.54, 1.807) is 18.2 Å². The third-order valence-corrected chi connectivity index (χ3v) is 3.25. The Hall–Kier alpha value is -1.22. The van der Waals surface area contributed by atoms with Crippen LogP contribution in [0.3, 0.4) is 0 Å². The van der Waals surface area contributed by atoms with Gasteiger partial charge in [0.25, 0.3) is 0 Å². The number of amides is 1. The second kappa shape index (κ2) is 4.34. The van der Waals surface area contributed by atoms with E-state index in [1.807, 2.05) is 6.92 Å². The van der Waals surface area contributed by atoms with E-state index < -0.39 is 0 Å². The Balaban J connectivity index is 2.05. The van der Waals surface area contributed by atoms with E-state index in [0.717, 1.165) is 12.8 Å². The third-order valence-electron chi connectivity index (χ3n) is 3.01. The first-order valence-corrected chi connectivity index (χ1v) is 5.81. The van der Waals surface area contributed by atoms with E-state index in [2.05, 4.69) is 5.32 Å². The van der Waals surface area contributed by atoms with E-state index in [-0.39, 0.29) is 11.8 Å². The lowest BCUT2D eigenvalue weighted by Gasteiger charge is -2.12. The molecule has 3 N–H and O–H groups in total. The van der Waals surface area contributed by atoms with Gasteiger partial charge in [0.05, 0.1) is 11.4 Å². The normalized spacial score (nSPS) is 16.9. The van der Waals surface area contributed by atoms with Gasteiger partial charge in [-0.05, 0) is 37.0 Å². The number of rotatable bonds is 3. The van der Waals surface area contributed by atoms with E-state index in [9.17, 15) is 4.79 Å². The number of nitrogens with one attached hydrogen (secondary N) is 1. The molecule has 0 aromatic heterocycles. The van der Waals surface area contributed by atoms with Crippen LogP contribution in [0.4, 0.5) is 11.4 Å². The predicted octanol–water partition coefficient (Wildman–Crippen LogP) is 2.91. The molecule has 86 valence electrons. The first-order chi connectivity index (χ1) is 7.58. The van der Waals surface area contributed by atoms with Crippen LogP contribution in [0.5, 0.6) is 0 Å². The van der Waals surface area contributed by atoms with Gasteiger partial charge in [-0.25, -0.2) is 0 Å². The van der Waals surface area contributed by atoms with Crippen molar-refractivity contribution in [3.8, 4) is 0 Å². The minimum Gasteiger partial charge on any atom is -0.397 e. The molecule has 1 saturated carbocycles. The van der Waals surface area contributed by atoms with Crippen LogP contribution in [0.1, 0.15) is 19.8 Å². The Morgan fingerprint density at radius 2 is 2.25 bits per heavy atom. The van der Waals surface area contributed by atoms with Crippen molar-refractivity contribution in [2.24, 2.45) is 11.8 Å². The first kappa shape index (κ1) is 11.3. The lowest BCUT2D eigenvalue weighted by molar-refractivity contribution is -0.119. The molecule has 16 heavy (non-hydrogen) atoms. The fraction of sp³-hybridized carbons (Fsp3) is 0.417. The van der Waals surface area contributed by atoms with Crippen molar-refractivity contribution < 1.29 is 4.79 Å². The number of carbonyl (C=O) groups excluding carboxylic acids is 1. The average Bonchev–Trinajstić information content (AvgIpc) is 3.04. The van der Waals surface area contributed by atoms with Crippen LogP contribution in [-0.2, 0) is 4.79 Å². The number of carbonyl (C=O) groups is 1. The van der Waals surface area contributed by atoms with Crippen molar-refractivity contribution >= 4 is 28.9 Å². The summed E-state index contributed by atoms with van der Waals surface area (Å²) >= 11 is 5.78. The lowest BCUT2D eigenvalue weighted by atomic mass is 10.1. The molecule has 1 aromatic carbocycles. The highest BCUT2D eigenvalue weighted by molar-refractivity contribution is 6.31. The van der Waals surface area contributed by atoms with Crippen LogP contribution in [0, 0.1) is 11.8 Å². The zero-order valence-electron chi connectivity index (χ0n) is 9.16. The highest BCUT2D eigenvalue weighted by Crippen LogP contribution is 2.37. The van der Waals surface area contributed by atoms with E-state index in [4.69, 9.17) is 17.3 Å². The van der Waals surface area contributed by atoms with Gasteiger partial charge in [0, 0.05) is 10.9 Å². The molecule has 1 aliphatic rings. The summed E-state index contributed by atoms with van der Waals surface area (Å²) in [5.41, 5.74) is 6.91. The molecule has 0 spiro atoms. The summed E-state index contributed by atoms with van der Waals surface area (Å²) in [5.74, 6) is 0.653. The second-order valence-electron chi connectivity index (χ2n) is 4.35. The predicted molar refractivity (Wildman–Crippen MR) is 66.4 cm³/mol. The van der Waals surface area contributed by atoms with Crippen molar-refractivity contribution in [3.63, 3.8) is 0 Å². The van der Waals surface area contributed by atoms with Gasteiger partial charge in [-0.1, -0.05) is 18.5 Å². The summed E-state index contributed by atoms with van der Waals surface area (Å²) in [4.78, 5) is 11.8. The Morgan fingerprint density at radius 1 is 1.56 bits per heavy atom. The van der Waals surface area contributed by atoms with Gasteiger partial charge in [0.15, 0.2) is 0 Å². The molecule has 4 heteroatoms. The number of hydrogen-bond acceptors (Lipinski definition) is 2. The zero-order valence-corrected chi connectivity index (χ0v) is 9.92. The molecule has 0 bridgehead atoms. The molecule has 1 fully saturated rings. The number of hydrogen-bond donors (Lipinski definition) is 2. The molecule has 1 aromatic rings. The van der Waals surface area contributed by atoms with E-state index in [0.29, 0.717) is 22.3 Å². The van der Waals surface area contributed by atoms with Gasteiger partial charge in [-0.15, -0.1) is 0 Å². The van der Waals surface area contributed by atoms with Crippen LogP contribution in [-0.4, -0.2) is 5.91 Å². The smallest absolute Gasteiger partial charge is 0.227 e. The fourth-order valence-electron chi connectivity index (χ4n) is 1.70. The molecule has 0 radical (unpaired) electrons. The monoisotopic (exact) mass is 238 g/mol. The van der Waals surface area contributed by atoms with Crippen LogP contribution in [0.15, 0.2) is 18.2 Å². The molecular formula is C12H15ClN2O. The lowest BCUT2D eigenvalue weighted by Crippen LogP contribution is -2.22. The van der Waals surface area contributed by atoms with Crippen molar-refractivity contribution in [1.82, 2.24) is 0 Å². The largest absolute Gasteiger partial charge is 0.397 e. The summed E-state index contributed by atoms with van der Waals surface area (Å²) in [5, 5.41) is 3.41. The maximum atomic E-state index is 11.8. The van der Waals surface area contributed by atoms with Gasteiger partial charge < -0.3 is 11.1 Å². The first-order valence-electron chi connectivity index (χ1n) is 5.44. The van der Waals surface area contributed by atoms with Crippen LogP contribution in [0.2, 0.25) is 5.02 Å². The van der Waals surface area contributed by atoms with Crippen LogP contribution < -0.4 is 11.1 Å². The Morgan fingerprint density at radius 3 is 2.81 bits per heavy atom. The molecule has 1 unspecified atom stereocenters. The van der Waals surface area contributed by atoms with Crippen molar-refractivity contribution in [2.45, 2.75) is 19.8 Å². The molecule has 3 nitrogen and oxygen atoms in total. The van der Waals surface area contributed by atoms with Crippen LogP contribution >= 0.6 is 11.6 Å². The molecule has 1 amide bonds. The zero-order chi connectivity index (χ0) is 11.7. The van der Waals surface area contributed by atoms with Gasteiger partial charge >= 0.3 is 0 Å². The number of anilines is 2. The summed E-state index contributed by atoms with van der Waals surface area (Å²) in [6, 6.07) is 5.09. The molecule has 2 rings (SSSR count). The summed E-state index contributed by atoms with van der Waals surface area (Å²) < 4.78 is 0. The number of halogens is 1. The maximum Gasteiger partial charge on any atom is 0.227 e. The topological polar surface area (TPSA) is 55.1 Å². The van der Waals surface area contributed by atoms with E-state index in [1.165, 1.54) is 0 Å². The second-order valence-corrected chi connectivity index (χ2v) is 4.78. The molecule has 1 atom stereocenters. The highest BCUT2D eigenvalue weighted by Gasteiger charge is 2.32. The van der Waals surface area contributed by atoms with E-state index >= 15 is 0 Å². The van der Waals surface area contributed by atoms with Crippen molar-refractivity contribution in [2.75, 3.05) is 11.1 Å². The fourth-order valence-corrected chi connectivity index (χ4v) is 1.88. The minimum atomic E-state index is 0.0384. The Bertz CT molecular complexity index is 415. The number of benzene rings is 1. The molecule has 0 aliphatic heterocycles. The third kappa shape index (κ3) is 2.47. The van der Waals surface area contributed by atoms with Gasteiger partial charge in [0.2, 0.25) is 5.91 Å². The summed E-state index contributed by atoms with van der Waals surface area (Å²) in [6.07, 6.45) is 2.31. The Kier molecular flexibility index (Phi) is 3.06. The molecule has 0 saturated heterocycles. The Labute approximate surface area is 100.0 Å². The van der Waals surface area contributed by atoms with Gasteiger partial charge in [-0.3, -0.25) is 4.79 Å². The molecular weight excluding hydrogens is 224 g/mol. The van der Waals surface area contributed by atoms with Crippen molar-refractivity contribution in [3.05, 3.63) is 23.2 Å². The molecule has 1 aliphatic carbocycles. The minimum absolute atomic E-state index is 0.0384. The summed E-state index contributed by atoms with van der Waals surface area (Å²) in [6.45, 7) is 1.96. The average molecular weight is 239 g/mol. The van der Waals surface area contributed by atoms with Gasteiger partial charge in [-0.2, -0.15) is 0 Å². The standard InChI is InChI=1S/C12H15ClN2O/c1-7(8-2-3-8)12(16)15-11-5-4-9(13)6-10(11)14/h4-8H,2-3,14H2,1H3,(H,15,16). The SMILES string of the molecule is CC(C(=O)Nc1ccc(Cl)cc1N)C1CC1. The van der Waals surface area contributed by atoms with Crippen LogP contribution in [0.25, 0.3) is 0 Å². The number of nitrogen functional groups attached to an aromatic ring is 1. The quantitative estimate of drug-likeness (QED) is 0.796. The van der Waals surface area contributed by atoms with Gasteiger partial charge in [0.1, 0.15) is 0 Å². The molecule has 0 heterocycles. The highest BCUT2D eigenvalue weighted by atomic mass is 35.5. The van der Waals surface area contributed by atoms with Crippen molar-refractivity contribution in [1.29, 1.82) is 0 Å².